The van der Waals surface area contributed by atoms with E-state index < -0.39 is 0 Å². The second-order valence-corrected chi connectivity index (χ2v) is 5.11. The number of nitrogen functional groups attached to an aromatic ring is 1. The number of hydrogen-bond donors (Lipinski definition) is 1. The molecule has 1 unspecified atom stereocenters. The largest absolute Gasteiger partial charge is 0.399 e. The molecule has 4 nitrogen and oxygen atoms in total. The Bertz CT molecular complexity index is 553. The second kappa shape index (κ2) is 5.05. The third kappa shape index (κ3) is 2.49. The van der Waals surface area contributed by atoms with E-state index >= 15 is 0 Å². The van der Waals surface area contributed by atoms with Crippen LogP contribution >= 0.6 is 11.6 Å². The molecule has 1 saturated heterocycles. The highest BCUT2D eigenvalue weighted by atomic mass is 35.5. The Balaban J connectivity index is 1.95. The first-order valence-electron chi connectivity index (χ1n) is 6.33. The van der Waals surface area contributed by atoms with E-state index in [9.17, 15) is 0 Å². The van der Waals surface area contributed by atoms with Crippen LogP contribution in [0.25, 0.3) is 0 Å². The maximum atomic E-state index is 5.99. The maximum Gasteiger partial charge on any atom is 0.133 e. The Labute approximate surface area is 117 Å². The van der Waals surface area contributed by atoms with Gasteiger partial charge in [0.25, 0.3) is 0 Å². The predicted octanol–water partition coefficient (Wildman–Crippen LogP) is 3.05. The van der Waals surface area contributed by atoms with Crippen molar-refractivity contribution in [2.75, 3.05) is 17.2 Å². The molecule has 0 spiro atoms. The Morgan fingerprint density at radius 1 is 1.37 bits per heavy atom. The Morgan fingerprint density at radius 2 is 2.26 bits per heavy atom. The van der Waals surface area contributed by atoms with Crippen molar-refractivity contribution >= 4 is 23.1 Å². The van der Waals surface area contributed by atoms with Gasteiger partial charge in [0.1, 0.15) is 11.0 Å². The summed E-state index contributed by atoms with van der Waals surface area (Å²) in [6.45, 7) is 0.965. The third-order valence-corrected chi connectivity index (χ3v) is 3.61. The molecule has 0 aliphatic carbocycles. The molecule has 2 aromatic rings. The van der Waals surface area contributed by atoms with Gasteiger partial charge in [0.15, 0.2) is 0 Å². The summed E-state index contributed by atoms with van der Waals surface area (Å²) in [5, 5.41) is 0.437. The number of anilines is 2. The summed E-state index contributed by atoms with van der Waals surface area (Å²) in [5.74, 6) is 0.844. The van der Waals surface area contributed by atoms with Gasteiger partial charge in [-0.15, -0.1) is 0 Å². The van der Waals surface area contributed by atoms with Crippen LogP contribution in [0.5, 0.6) is 0 Å². The molecule has 0 saturated carbocycles. The molecular formula is C14H15ClN4. The van der Waals surface area contributed by atoms with E-state index in [0.29, 0.717) is 16.9 Å². The van der Waals surface area contributed by atoms with Crippen LogP contribution in [0, 0.1) is 0 Å². The number of rotatable bonds is 2. The molecule has 0 radical (unpaired) electrons. The standard InChI is InChI=1S/C14H15ClN4/c15-13-7-11(16)8-14(18-13)19-6-2-4-12(19)10-3-1-5-17-9-10/h1,3,5,7-9,12H,2,4,6H2,(H2,16,18). The number of nitrogens with two attached hydrogens (primary N) is 1. The maximum absolute atomic E-state index is 5.99. The monoisotopic (exact) mass is 274 g/mol. The van der Waals surface area contributed by atoms with Crippen molar-refractivity contribution < 1.29 is 0 Å². The lowest BCUT2D eigenvalue weighted by atomic mass is 10.1. The summed E-state index contributed by atoms with van der Waals surface area (Å²) >= 11 is 5.99. The lowest BCUT2D eigenvalue weighted by molar-refractivity contribution is 0.708. The molecule has 0 bridgehead atoms. The first-order valence-corrected chi connectivity index (χ1v) is 6.71. The van der Waals surface area contributed by atoms with E-state index in [1.165, 1.54) is 5.56 Å². The first kappa shape index (κ1) is 12.2. The lowest BCUT2D eigenvalue weighted by Crippen LogP contribution is -2.23. The van der Waals surface area contributed by atoms with Crippen molar-refractivity contribution in [2.24, 2.45) is 0 Å². The summed E-state index contributed by atoms with van der Waals surface area (Å²) in [6, 6.07) is 7.91. The molecule has 1 fully saturated rings. The van der Waals surface area contributed by atoms with Crippen LogP contribution < -0.4 is 10.6 Å². The molecule has 5 heteroatoms. The van der Waals surface area contributed by atoms with Crippen LogP contribution in [0.15, 0.2) is 36.7 Å². The molecule has 0 amide bonds. The molecule has 98 valence electrons. The highest BCUT2D eigenvalue weighted by Crippen LogP contribution is 2.35. The van der Waals surface area contributed by atoms with Gasteiger partial charge in [-0.25, -0.2) is 4.98 Å². The van der Waals surface area contributed by atoms with E-state index in [1.54, 1.807) is 12.3 Å². The minimum absolute atomic E-state index is 0.305. The van der Waals surface area contributed by atoms with E-state index in [1.807, 2.05) is 18.3 Å². The molecule has 19 heavy (non-hydrogen) atoms. The highest BCUT2D eigenvalue weighted by molar-refractivity contribution is 6.29. The molecule has 0 aromatic carbocycles. The van der Waals surface area contributed by atoms with Gasteiger partial charge in [0.2, 0.25) is 0 Å². The molecule has 2 aromatic heterocycles. The van der Waals surface area contributed by atoms with Crippen molar-refractivity contribution in [3.8, 4) is 0 Å². The Hall–Kier alpha value is -1.81. The van der Waals surface area contributed by atoms with Gasteiger partial charge < -0.3 is 10.6 Å². The van der Waals surface area contributed by atoms with Crippen LogP contribution in [0.4, 0.5) is 11.5 Å². The number of halogens is 1. The second-order valence-electron chi connectivity index (χ2n) is 4.72. The van der Waals surface area contributed by atoms with Crippen molar-refractivity contribution in [1.29, 1.82) is 0 Å². The Kier molecular flexibility index (Phi) is 3.25. The minimum atomic E-state index is 0.305. The average Bonchev–Trinajstić information content (AvgIpc) is 2.88. The van der Waals surface area contributed by atoms with Gasteiger partial charge in [-0.05, 0) is 30.5 Å². The number of pyridine rings is 2. The van der Waals surface area contributed by atoms with Crippen molar-refractivity contribution in [1.82, 2.24) is 9.97 Å². The molecule has 3 heterocycles. The molecule has 3 rings (SSSR count). The van der Waals surface area contributed by atoms with Gasteiger partial charge >= 0.3 is 0 Å². The number of nitrogens with zero attached hydrogens (tertiary/aromatic N) is 3. The smallest absolute Gasteiger partial charge is 0.133 e. The van der Waals surface area contributed by atoms with Gasteiger partial charge in [-0.1, -0.05) is 17.7 Å². The molecule has 1 aliphatic heterocycles. The first-order chi connectivity index (χ1) is 9.24. The summed E-state index contributed by atoms with van der Waals surface area (Å²) in [7, 11) is 0. The molecule has 1 atom stereocenters. The number of hydrogen-bond acceptors (Lipinski definition) is 4. The van der Waals surface area contributed by atoms with Crippen LogP contribution in [0.2, 0.25) is 5.15 Å². The fourth-order valence-corrected chi connectivity index (χ4v) is 2.82. The normalized spacial score (nSPS) is 18.8. The van der Waals surface area contributed by atoms with E-state index in [-0.39, 0.29) is 0 Å². The summed E-state index contributed by atoms with van der Waals surface area (Å²) in [4.78, 5) is 10.8. The third-order valence-electron chi connectivity index (χ3n) is 3.42. The van der Waals surface area contributed by atoms with E-state index in [2.05, 4.69) is 20.9 Å². The quantitative estimate of drug-likeness (QED) is 0.855. The highest BCUT2D eigenvalue weighted by Gasteiger charge is 2.27. The molecule has 2 N–H and O–H groups in total. The molecule has 1 aliphatic rings. The minimum Gasteiger partial charge on any atom is -0.399 e. The topological polar surface area (TPSA) is 55.0 Å². The summed E-state index contributed by atoms with van der Waals surface area (Å²) in [5.41, 5.74) is 7.70. The van der Waals surface area contributed by atoms with E-state index in [0.717, 1.165) is 25.2 Å². The van der Waals surface area contributed by atoms with E-state index in [4.69, 9.17) is 17.3 Å². The van der Waals surface area contributed by atoms with Crippen LogP contribution in [0.3, 0.4) is 0 Å². The molecular weight excluding hydrogens is 260 g/mol. The van der Waals surface area contributed by atoms with Crippen LogP contribution in [-0.2, 0) is 0 Å². The fourth-order valence-electron chi connectivity index (χ4n) is 2.61. The Morgan fingerprint density at radius 3 is 3.00 bits per heavy atom. The van der Waals surface area contributed by atoms with Gasteiger partial charge in [0.05, 0.1) is 6.04 Å². The van der Waals surface area contributed by atoms with Gasteiger partial charge in [-0.2, -0.15) is 0 Å². The summed E-state index contributed by atoms with van der Waals surface area (Å²) in [6.07, 6.45) is 5.93. The SMILES string of the molecule is Nc1cc(Cl)nc(N2CCCC2c2cccnc2)c1. The van der Waals surface area contributed by atoms with Crippen LogP contribution in [-0.4, -0.2) is 16.5 Å². The lowest BCUT2D eigenvalue weighted by Gasteiger charge is -2.26. The van der Waals surface area contributed by atoms with Crippen molar-refractivity contribution in [2.45, 2.75) is 18.9 Å². The van der Waals surface area contributed by atoms with Crippen molar-refractivity contribution in [3.63, 3.8) is 0 Å². The van der Waals surface area contributed by atoms with Gasteiger partial charge in [-0.3, -0.25) is 4.98 Å². The zero-order chi connectivity index (χ0) is 13.2. The predicted molar refractivity (Wildman–Crippen MR) is 77.2 cm³/mol. The zero-order valence-corrected chi connectivity index (χ0v) is 11.2. The number of aromatic nitrogens is 2. The zero-order valence-electron chi connectivity index (χ0n) is 10.5. The average molecular weight is 275 g/mol. The van der Waals surface area contributed by atoms with Gasteiger partial charge in [0, 0.05) is 30.7 Å². The summed E-state index contributed by atoms with van der Waals surface area (Å²) < 4.78 is 0. The van der Waals surface area contributed by atoms with Crippen molar-refractivity contribution in [3.05, 3.63) is 47.4 Å². The van der Waals surface area contributed by atoms with Crippen LogP contribution in [0.1, 0.15) is 24.4 Å². The fraction of sp³-hybridized carbons (Fsp3) is 0.286.